The van der Waals surface area contributed by atoms with Crippen LogP contribution in [0.1, 0.15) is 54.9 Å². The first-order valence-corrected chi connectivity index (χ1v) is 6.76. The van der Waals surface area contributed by atoms with E-state index in [9.17, 15) is 4.79 Å². The molecule has 0 saturated carbocycles. The normalized spacial score (nSPS) is 17.5. The molecular weight excluding hydrogens is 220 g/mol. The Hall–Kier alpha value is -1.11. The first-order valence-electron chi connectivity index (χ1n) is 6.76. The molecule has 18 heavy (non-hydrogen) atoms. The van der Waals surface area contributed by atoms with E-state index < -0.39 is 0 Å². The highest BCUT2D eigenvalue weighted by Gasteiger charge is 2.33. The second kappa shape index (κ2) is 4.87. The van der Waals surface area contributed by atoms with Gasteiger partial charge in [0.2, 0.25) is 0 Å². The molecule has 0 atom stereocenters. The minimum Gasteiger partial charge on any atom is -0.289 e. The van der Waals surface area contributed by atoms with Crippen molar-refractivity contribution in [2.24, 2.45) is 10.8 Å². The lowest BCUT2D eigenvalue weighted by atomic mass is 9.72. The highest BCUT2D eigenvalue weighted by Crippen LogP contribution is 2.38. The third-order valence-corrected chi connectivity index (χ3v) is 3.17. The molecule has 100 valence electrons. The molecule has 0 N–H and O–H groups in total. The number of allylic oxidation sites excluding steroid dienone is 6. The van der Waals surface area contributed by atoms with Crippen LogP contribution in [0.5, 0.6) is 0 Å². The summed E-state index contributed by atoms with van der Waals surface area (Å²) in [4.78, 5) is 12.6. The van der Waals surface area contributed by atoms with Gasteiger partial charge in [-0.1, -0.05) is 54.5 Å². The van der Waals surface area contributed by atoms with Crippen LogP contribution in [0.2, 0.25) is 0 Å². The van der Waals surface area contributed by atoms with Crippen LogP contribution in [0.15, 0.2) is 34.9 Å². The van der Waals surface area contributed by atoms with Crippen molar-refractivity contribution >= 4 is 5.78 Å². The summed E-state index contributed by atoms with van der Waals surface area (Å²) in [6.45, 7) is 14.7. The van der Waals surface area contributed by atoms with Gasteiger partial charge in [-0.2, -0.15) is 0 Å². The van der Waals surface area contributed by atoms with Gasteiger partial charge in [0.25, 0.3) is 0 Å². The van der Waals surface area contributed by atoms with Crippen LogP contribution in [-0.4, -0.2) is 5.78 Å². The van der Waals surface area contributed by atoms with Crippen LogP contribution in [0.25, 0.3) is 0 Å². The van der Waals surface area contributed by atoms with E-state index in [1.165, 1.54) is 5.57 Å². The molecular formula is C17H26O. The van der Waals surface area contributed by atoms with Crippen molar-refractivity contribution < 1.29 is 4.79 Å². The van der Waals surface area contributed by atoms with E-state index in [0.717, 1.165) is 17.6 Å². The van der Waals surface area contributed by atoms with Gasteiger partial charge >= 0.3 is 0 Å². The standard InChI is InChI=1S/C17H26O/c1-8-9-12-10-13(16(2,3)4)15(18)14(11-12)17(5,6)7/h9-11H,8H2,1-7H3. The highest BCUT2D eigenvalue weighted by atomic mass is 16.1. The molecule has 0 bridgehead atoms. The van der Waals surface area contributed by atoms with Gasteiger partial charge in [-0.3, -0.25) is 4.79 Å². The zero-order valence-electron chi connectivity index (χ0n) is 12.8. The maximum atomic E-state index is 12.6. The zero-order valence-corrected chi connectivity index (χ0v) is 12.8. The number of hydrogen-bond acceptors (Lipinski definition) is 1. The van der Waals surface area contributed by atoms with Crippen LogP contribution >= 0.6 is 0 Å². The quantitative estimate of drug-likeness (QED) is 0.646. The number of hydrogen-bond donors (Lipinski definition) is 0. The Labute approximate surface area is 112 Å². The molecule has 1 rings (SSSR count). The maximum Gasteiger partial charge on any atom is 0.186 e. The Balaban J connectivity index is 3.35. The van der Waals surface area contributed by atoms with Crippen LogP contribution in [0, 0.1) is 10.8 Å². The molecule has 0 spiro atoms. The number of Topliss-reactive ketones (excluding diaryl/α,β-unsaturated/α-hetero) is 1. The van der Waals surface area contributed by atoms with Gasteiger partial charge in [0.1, 0.15) is 0 Å². The summed E-state index contributed by atoms with van der Waals surface area (Å²) in [5.74, 6) is 0.211. The Kier molecular flexibility index (Phi) is 4.05. The molecule has 0 aliphatic heterocycles. The van der Waals surface area contributed by atoms with Gasteiger partial charge in [-0.25, -0.2) is 0 Å². The molecule has 0 aromatic carbocycles. The van der Waals surface area contributed by atoms with Crippen molar-refractivity contribution in [2.45, 2.75) is 54.9 Å². The minimum atomic E-state index is -0.103. The van der Waals surface area contributed by atoms with E-state index >= 15 is 0 Å². The predicted molar refractivity (Wildman–Crippen MR) is 78.5 cm³/mol. The van der Waals surface area contributed by atoms with Gasteiger partial charge in [-0.05, 0) is 35.0 Å². The van der Waals surface area contributed by atoms with E-state index in [-0.39, 0.29) is 16.6 Å². The smallest absolute Gasteiger partial charge is 0.186 e. The third-order valence-electron chi connectivity index (χ3n) is 3.17. The molecule has 0 fully saturated rings. The molecule has 0 aromatic heterocycles. The molecule has 0 radical (unpaired) electrons. The molecule has 0 amide bonds. The second-order valence-corrected chi connectivity index (χ2v) is 7.06. The van der Waals surface area contributed by atoms with E-state index in [1.807, 2.05) is 0 Å². The summed E-state index contributed by atoms with van der Waals surface area (Å²) in [7, 11) is 0. The molecule has 1 aliphatic carbocycles. The zero-order chi connectivity index (χ0) is 14.1. The monoisotopic (exact) mass is 246 g/mol. The molecule has 0 heterocycles. The van der Waals surface area contributed by atoms with Gasteiger partial charge < -0.3 is 0 Å². The van der Waals surface area contributed by atoms with Gasteiger partial charge in [0.05, 0.1) is 0 Å². The summed E-state index contributed by atoms with van der Waals surface area (Å²) in [6, 6.07) is 0. The molecule has 1 nitrogen and oxygen atoms in total. The van der Waals surface area contributed by atoms with Crippen LogP contribution in [0.4, 0.5) is 0 Å². The summed E-state index contributed by atoms with van der Waals surface area (Å²) in [6.07, 6.45) is 7.29. The Morgan fingerprint density at radius 3 is 1.61 bits per heavy atom. The summed E-state index contributed by atoms with van der Waals surface area (Å²) in [5, 5.41) is 0. The first kappa shape index (κ1) is 14.9. The van der Waals surface area contributed by atoms with Gasteiger partial charge in [0, 0.05) is 11.1 Å². The average molecular weight is 246 g/mol. The van der Waals surface area contributed by atoms with Gasteiger partial charge in [-0.15, -0.1) is 0 Å². The molecule has 0 aromatic rings. The van der Waals surface area contributed by atoms with Crippen molar-refractivity contribution in [1.82, 2.24) is 0 Å². The van der Waals surface area contributed by atoms with E-state index in [1.54, 1.807) is 0 Å². The summed E-state index contributed by atoms with van der Waals surface area (Å²) in [5.41, 5.74) is 2.82. The third kappa shape index (κ3) is 3.22. The topological polar surface area (TPSA) is 17.1 Å². The van der Waals surface area contributed by atoms with Crippen molar-refractivity contribution in [3.05, 3.63) is 34.9 Å². The van der Waals surface area contributed by atoms with Crippen LogP contribution in [-0.2, 0) is 4.79 Å². The van der Waals surface area contributed by atoms with Crippen LogP contribution < -0.4 is 0 Å². The number of ketones is 1. The Bertz CT molecular complexity index is 395. The number of rotatable bonds is 1. The molecule has 1 aliphatic rings. The Morgan fingerprint density at radius 2 is 1.33 bits per heavy atom. The SMILES string of the molecule is CCC=C1C=C(C(C)(C)C)C(=O)C(C(C)(C)C)=C1. The first-order chi connectivity index (χ1) is 8.07. The molecule has 1 heteroatoms. The lowest BCUT2D eigenvalue weighted by Gasteiger charge is -2.31. The fourth-order valence-electron chi connectivity index (χ4n) is 2.12. The van der Waals surface area contributed by atoms with Crippen molar-refractivity contribution in [3.63, 3.8) is 0 Å². The lowest BCUT2D eigenvalue weighted by molar-refractivity contribution is -0.114. The fraction of sp³-hybridized carbons (Fsp3) is 0.588. The molecule has 0 saturated heterocycles. The van der Waals surface area contributed by atoms with Crippen LogP contribution in [0.3, 0.4) is 0 Å². The van der Waals surface area contributed by atoms with E-state index in [4.69, 9.17) is 0 Å². The predicted octanol–water partition coefficient (Wildman–Crippen LogP) is 4.85. The number of carbonyl (C=O) groups excluding carboxylic acids is 1. The largest absolute Gasteiger partial charge is 0.289 e. The van der Waals surface area contributed by atoms with Crippen molar-refractivity contribution in [3.8, 4) is 0 Å². The summed E-state index contributed by atoms with van der Waals surface area (Å²) < 4.78 is 0. The highest BCUT2D eigenvalue weighted by molar-refractivity contribution is 6.11. The van der Waals surface area contributed by atoms with Gasteiger partial charge in [0.15, 0.2) is 5.78 Å². The molecule has 0 unspecified atom stereocenters. The summed E-state index contributed by atoms with van der Waals surface area (Å²) >= 11 is 0. The van der Waals surface area contributed by atoms with Crippen molar-refractivity contribution in [1.29, 1.82) is 0 Å². The fourth-order valence-corrected chi connectivity index (χ4v) is 2.12. The average Bonchev–Trinajstić information content (AvgIpc) is 2.17. The van der Waals surface area contributed by atoms with E-state index in [2.05, 4.69) is 66.7 Å². The maximum absolute atomic E-state index is 12.6. The Morgan fingerprint density at radius 1 is 0.944 bits per heavy atom. The number of carbonyl (C=O) groups is 1. The second-order valence-electron chi connectivity index (χ2n) is 7.06. The van der Waals surface area contributed by atoms with E-state index in [0.29, 0.717) is 0 Å². The van der Waals surface area contributed by atoms with Crippen molar-refractivity contribution in [2.75, 3.05) is 0 Å². The minimum absolute atomic E-state index is 0.103. The lowest BCUT2D eigenvalue weighted by Crippen LogP contribution is -2.27.